The minimum atomic E-state index is -1.22. The molecule has 3 unspecified atom stereocenters. The smallest absolute Gasteiger partial charge is 0.159 e. The second-order valence-electron chi connectivity index (χ2n) is 6.81. The number of rotatable bonds is 4. The minimum absolute atomic E-state index is 0.164. The van der Waals surface area contributed by atoms with Gasteiger partial charge in [-0.2, -0.15) is 0 Å². The largest absolute Gasteiger partial charge is 0.390 e. The number of aryl methyl sites for hydroxylation is 1. The highest BCUT2D eigenvalue weighted by Gasteiger charge is 2.46. The molecule has 1 aliphatic carbocycles. The van der Waals surface area contributed by atoms with Gasteiger partial charge in [0.25, 0.3) is 0 Å². The number of benzene rings is 1. The van der Waals surface area contributed by atoms with Crippen LogP contribution in [0.15, 0.2) is 36.4 Å². The molecule has 1 fully saturated rings. The molecule has 2 aromatic rings. The van der Waals surface area contributed by atoms with Crippen LogP contribution in [0.2, 0.25) is 0 Å². The molecule has 5 atom stereocenters. The van der Waals surface area contributed by atoms with Gasteiger partial charge in [-0.1, -0.05) is 12.1 Å². The van der Waals surface area contributed by atoms with Crippen molar-refractivity contribution in [2.75, 3.05) is 11.9 Å². The van der Waals surface area contributed by atoms with Gasteiger partial charge in [0.1, 0.15) is 11.9 Å². The van der Waals surface area contributed by atoms with Gasteiger partial charge in [0.2, 0.25) is 0 Å². The SMILES string of the molecule is Cc1cccc(N(C)C2CC(C(O)c3ccc(F)c(F)c3)[C@@H](O)[C@H]2O)n1. The van der Waals surface area contributed by atoms with E-state index in [1.165, 1.54) is 6.07 Å². The van der Waals surface area contributed by atoms with Gasteiger partial charge in [-0.25, -0.2) is 13.8 Å². The topological polar surface area (TPSA) is 76.8 Å². The van der Waals surface area contributed by atoms with Crippen LogP contribution in [0.3, 0.4) is 0 Å². The molecule has 5 nitrogen and oxygen atoms in total. The first-order valence-electron chi connectivity index (χ1n) is 8.45. The number of anilines is 1. The third-order valence-electron chi connectivity index (χ3n) is 5.12. The highest BCUT2D eigenvalue weighted by Crippen LogP contribution is 2.39. The number of likely N-dealkylation sites (N-methyl/N-ethyl adjacent to an activating group) is 1. The van der Waals surface area contributed by atoms with Gasteiger partial charge >= 0.3 is 0 Å². The Hall–Kier alpha value is -2.09. The highest BCUT2D eigenvalue weighted by molar-refractivity contribution is 5.40. The van der Waals surface area contributed by atoms with Crippen LogP contribution in [0.1, 0.15) is 23.8 Å². The monoisotopic (exact) mass is 364 g/mol. The molecule has 1 heterocycles. The third kappa shape index (κ3) is 3.42. The van der Waals surface area contributed by atoms with Crippen molar-refractivity contribution >= 4 is 5.82 Å². The molecule has 1 aromatic heterocycles. The highest BCUT2D eigenvalue weighted by atomic mass is 19.2. The zero-order valence-electron chi connectivity index (χ0n) is 14.5. The molecule has 0 spiro atoms. The lowest BCUT2D eigenvalue weighted by molar-refractivity contribution is -0.0232. The van der Waals surface area contributed by atoms with Gasteiger partial charge < -0.3 is 20.2 Å². The molecule has 1 aliphatic rings. The Labute approximate surface area is 150 Å². The standard InChI is InChI=1S/C19H22F2N2O3/c1-10-4-3-5-16(22-10)23(2)15-9-12(18(25)19(15)26)17(24)11-6-7-13(20)14(21)8-11/h3-8,12,15,17-19,24-26H,9H2,1-2H3/t12?,15?,17?,18-,19+/m1/s1. The van der Waals surface area contributed by atoms with E-state index in [0.29, 0.717) is 5.82 Å². The van der Waals surface area contributed by atoms with Crippen LogP contribution in [-0.4, -0.2) is 45.6 Å². The summed E-state index contributed by atoms with van der Waals surface area (Å²) in [4.78, 5) is 6.17. The van der Waals surface area contributed by atoms with Crippen molar-refractivity contribution in [3.05, 3.63) is 59.3 Å². The van der Waals surface area contributed by atoms with E-state index in [1.807, 2.05) is 19.1 Å². The molecule has 1 aromatic carbocycles. The molecule has 26 heavy (non-hydrogen) atoms. The number of pyridine rings is 1. The van der Waals surface area contributed by atoms with Gasteiger partial charge in [0, 0.05) is 18.7 Å². The first kappa shape index (κ1) is 18.7. The van der Waals surface area contributed by atoms with Crippen molar-refractivity contribution in [3.8, 4) is 0 Å². The van der Waals surface area contributed by atoms with Crippen molar-refractivity contribution in [3.63, 3.8) is 0 Å². The molecule has 0 radical (unpaired) electrons. The predicted molar refractivity (Wildman–Crippen MR) is 92.6 cm³/mol. The maximum atomic E-state index is 13.4. The summed E-state index contributed by atoms with van der Waals surface area (Å²) in [6.07, 6.45) is -3.25. The number of aliphatic hydroxyl groups is 3. The molecule has 7 heteroatoms. The summed E-state index contributed by atoms with van der Waals surface area (Å²) in [5.74, 6) is -2.14. The quantitative estimate of drug-likeness (QED) is 0.773. The van der Waals surface area contributed by atoms with Crippen molar-refractivity contribution in [1.29, 1.82) is 0 Å². The third-order valence-corrected chi connectivity index (χ3v) is 5.12. The maximum Gasteiger partial charge on any atom is 0.159 e. The Kier molecular flexibility index (Phi) is 5.22. The fourth-order valence-electron chi connectivity index (χ4n) is 3.58. The van der Waals surface area contributed by atoms with E-state index < -0.39 is 41.9 Å². The van der Waals surface area contributed by atoms with E-state index in [2.05, 4.69) is 4.98 Å². The Morgan fingerprint density at radius 3 is 2.50 bits per heavy atom. The lowest BCUT2D eigenvalue weighted by Gasteiger charge is -2.28. The fourth-order valence-corrected chi connectivity index (χ4v) is 3.58. The number of nitrogens with zero attached hydrogens (tertiary/aromatic N) is 2. The van der Waals surface area contributed by atoms with Gasteiger partial charge in [-0.05, 0) is 43.2 Å². The van der Waals surface area contributed by atoms with Gasteiger partial charge in [0.15, 0.2) is 11.6 Å². The molecular formula is C19H22F2N2O3. The van der Waals surface area contributed by atoms with E-state index in [1.54, 1.807) is 18.0 Å². The predicted octanol–water partition coefficient (Wildman–Crippen LogP) is 1.95. The first-order chi connectivity index (χ1) is 12.3. The minimum Gasteiger partial charge on any atom is -0.390 e. The molecule has 0 bridgehead atoms. The van der Waals surface area contributed by atoms with Gasteiger partial charge in [-0.15, -0.1) is 0 Å². The van der Waals surface area contributed by atoms with E-state index in [-0.39, 0.29) is 12.0 Å². The van der Waals surface area contributed by atoms with Crippen molar-refractivity contribution in [1.82, 2.24) is 4.98 Å². The number of hydrogen-bond acceptors (Lipinski definition) is 5. The molecule has 0 amide bonds. The molecule has 3 N–H and O–H groups in total. The van der Waals surface area contributed by atoms with Crippen molar-refractivity contribution in [2.24, 2.45) is 5.92 Å². The zero-order valence-corrected chi connectivity index (χ0v) is 14.5. The summed E-state index contributed by atoms with van der Waals surface area (Å²) >= 11 is 0. The summed E-state index contributed by atoms with van der Waals surface area (Å²) in [5.41, 5.74) is 0.984. The molecule has 140 valence electrons. The molecule has 3 rings (SSSR count). The lowest BCUT2D eigenvalue weighted by Crippen LogP contribution is -2.41. The van der Waals surface area contributed by atoms with Crippen LogP contribution < -0.4 is 4.90 Å². The van der Waals surface area contributed by atoms with E-state index in [9.17, 15) is 24.1 Å². The van der Waals surface area contributed by atoms with Crippen LogP contribution in [0.5, 0.6) is 0 Å². The van der Waals surface area contributed by atoms with E-state index >= 15 is 0 Å². The van der Waals surface area contributed by atoms with Crippen molar-refractivity contribution in [2.45, 2.75) is 37.7 Å². The average molecular weight is 364 g/mol. The van der Waals surface area contributed by atoms with Gasteiger partial charge in [-0.3, -0.25) is 0 Å². The summed E-state index contributed by atoms with van der Waals surface area (Å²) < 4.78 is 26.6. The van der Waals surface area contributed by atoms with Crippen molar-refractivity contribution < 1.29 is 24.1 Å². The zero-order chi connectivity index (χ0) is 19.0. The van der Waals surface area contributed by atoms with Crippen LogP contribution in [0, 0.1) is 24.5 Å². The van der Waals surface area contributed by atoms with Crippen LogP contribution in [0.4, 0.5) is 14.6 Å². The number of aliphatic hydroxyl groups excluding tert-OH is 3. The van der Waals surface area contributed by atoms with E-state index in [4.69, 9.17) is 0 Å². The number of hydrogen-bond donors (Lipinski definition) is 3. The second kappa shape index (κ2) is 7.26. The number of aromatic nitrogens is 1. The van der Waals surface area contributed by atoms with E-state index in [0.717, 1.165) is 17.8 Å². The Balaban J connectivity index is 1.81. The Morgan fingerprint density at radius 2 is 1.85 bits per heavy atom. The summed E-state index contributed by atoms with van der Waals surface area (Å²) in [7, 11) is 1.76. The summed E-state index contributed by atoms with van der Waals surface area (Å²) in [6.45, 7) is 1.85. The first-order valence-corrected chi connectivity index (χ1v) is 8.45. The molecular weight excluding hydrogens is 342 g/mol. The second-order valence-corrected chi connectivity index (χ2v) is 6.81. The lowest BCUT2D eigenvalue weighted by atomic mass is 9.92. The molecule has 0 aliphatic heterocycles. The normalized spacial score (nSPS) is 26.7. The molecule has 0 saturated heterocycles. The fraction of sp³-hybridized carbons (Fsp3) is 0.421. The number of halogens is 2. The Morgan fingerprint density at radius 1 is 1.12 bits per heavy atom. The van der Waals surface area contributed by atoms with Crippen LogP contribution >= 0.6 is 0 Å². The van der Waals surface area contributed by atoms with Gasteiger partial charge in [0.05, 0.1) is 18.2 Å². The van der Waals surface area contributed by atoms with Crippen LogP contribution in [0.25, 0.3) is 0 Å². The molecule has 1 saturated carbocycles. The summed E-state index contributed by atoms with van der Waals surface area (Å²) in [5, 5.41) is 31.4. The maximum absolute atomic E-state index is 13.4. The average Bonchev–Trinajstić information content (AvgIpc) is 2.91. The van der Waals surface area contributed by atoms with Crippen LogP contribution in [-0.2, 0) is 0 Å². The summed E-state index contributed by atoms with van der Waals surface area (Å²) in [6, 6.07) is 8.16. The Bertz CT molecular complexity index is 789.